The van der Waals surface area contributed by atoms with E-state index in [2.05, 4.69) is 32.1 Å². The van der Waals surface area contributed by atoms with Gasteiger partial charge in [0.1, 0.15) is 30.6 Å². The van der Waals surface area contributed by atoms with Gasteiger partial charge in [0, 0.05) is 0 Å². The molecule has 2 rings (SSSR count). The van der Waals surface area contributed by atoms with Crippen LogP contribution in [0, 0.1) is 20.8 Å². The quantitative estimate of drug-likeness (QED) is 0.690. The number of rotatable bonds is 4. The SMILES string of the molecule is CO/N=C\c1c(N)ncnc1Oc1c(C)cc(C)cc1C. The fraction of sp³-hybridized carbons (Fsp3) is 0.267. The monoisotopic (exact) mass is 286 g/mol. The number of nitrogens with zero attached hydrogens (tertiary/aromatic N) is 3. The molecule has 21 heavy (non-hydrogen) atoms. The second-order valence-electron chi connectivity index (χ2n) is 4.72. The average molecular weight is 286 g/mol. The summed E-state index contributed by atoms with van der Waals surface area (Å²) in [5, 5.41) is 3.70. The molecule has 0 spiro atoms. The van der Waals surface area contributed by atoms with Crippen molar-refractivity contribution < 1.29 is 9.57 Å². The predicted octanol–water partition coefficient (Wildman–Crippen LogP) is 2.76. The van der Waals surface area contributed by atoms with Gasteiger partial charge in [-0.2, -0.15) is 0 Å². The Morgan fingerprint density at radius 3 is 2.43 bits per heavy atom. The van der Waals surface area contributed by atoms with Crippen molar-refractivity contribution in [2.75, 3.05) is 12.8 Å². The second-order valence-corrected chi connectivity index (χ2v) is 4.72. The number of hydrogen-bond donors (Lipinski definition) is 1. The highest BCUT2D eigenvalue weighted by Crippen LogP contribution is 2.30. The third kappa shape index (κ3) is 3.28. The molecule has 6 nitrogen and oxygen atoms in total. The van der Waals surface area contributed by atoms with Crippen LogP contribution in [0.1, 0.15) is 22.3 Å². The Balaban J connectivity index is 2.45. The molecule has 1 aromatic heterocycles. The minimum atomic E-state index is 0.281. The van der Waals surface area contributed by atoms with Crippen molar-refractivity contribution >= 4 is 12.0 Å². The highest BCUT2D eigenvalue weighted by atomic mass is 16.6. The van der Waals surface area contributed by atoms with Crippen molar-refractivity contribution in [3.05, 3.63) is 40.7 Å². The van der Waals surface area contributed by atoms with Crippen LogP contribution in [-0.4, -0.2) is 23.3 Å². The number of nitrogen functional groups attached to an aromatic ring is 1. The molecule has 2 aromatic rings. The van der Waals surface area contributed by atoms with Crippen molar-refractivity contribution in [3.63, 3.8) is 0 Å². The lowest BCUT2D eigenvalue weighted by atomic mass is 10.1. The van der Waals surface area contributed by atoms with Crippen molar-refractivity contribution in [2.24, 2.45) is 5.16 Å². The lowest BCUT2D eigenvalue weighted by molar-refractivity contribution is 0.215. The van der Waals surface area contributed by atoms with Crippen LogP contribution in [0.3, 0.4) is 0 Å². The molecule has 1 aromatic carbocycles. The molecule has 6 heteroatoms. The fourth-order valence-electron chi connectivity index (χ4n) is 2.12. The molecular weight excluding hydrogens is 268 g/mol. The number of aromatic nitrogens is 2. The molecule has 0 saturated carbocycles. The van der Waals surface area contributed by atoms with Gasteiger partial charge in [0.15, 0.2) is 0 Å². The summed E-state index contributed by atoms with van der Waals surface area (Å²) < 4.78 is 5.93. The van der Waals surface area contributed by atoms with E-state index < -0.39 is 0 Å². The number of benzene rings is 1. The van der Waals surface area contributed by atoms with Gasteiger partial charge in [-0.05, 0) is 31.9 Å². The molecule has 0 fully saturated rings. The minimum Gasteiger partial charge on any atom is -0.438 e. The smallest absolute Gasteiger partial charge is 0.233 e. The largest absolute Gasteiger partial charge is 0.438 e. The molecule has 0 aliphatic rings. The van der Waals surface area contributed by atoms with E-state index in [4.69, 9.17) is 10.5 Å². The predicted molar refractivity (Wildman–Crippen MR) is 81.8 cm³/mol. The Labute approximate surface area is 123 Å². The van der Waals surface area contributed by atoms with E-state index in [1.807, 2.05) is 20.8 Å². The van der Waals surface area contributed by atoms with Gasteiger partial charge in [-0.1, -0.05) is 22.9 Å². The van der Waals surface area contributed by atoms with Crippen LogP contribution in [0.2, 0.25) is 0 Å². The van der Waals surface area contributed by atoms with Crippen molar-refractivity contribution in [1.82, 2.24) is 9.97 Å². The van der Waals surface area contributed by atoms with E-state index in [1.54, 1.807) is 0 Å². The Morgan fingerprint density at radius 2 is 1.81 bits per heavy atom. The summed E-state index contributed by atoms with van der Waals surface area (Å²) in [6, 6.07) is 4.10. The molecule has 0 aliphatic carbocycles. The van der Waals surface area contributed by atoms with Crippen molar-refractivity contribution in [3.8, 4) is 11.6 Å². The van der Waals surface area contributed by atoms with Crippen LogP contribution in [0.15, 0.2) is 23.6 Å². The maximum Gasteiger partial charge on any atom is 0.233 e. The number of hydrogen-bond acceptors (Lipinski definition) is 6. The highest BCUT2D eigenvalue weighted by Gasteiger charge is 2.13. The number of aryl methyl sites for hydroxylation is 3. The van der Waals surface area contributed by atoms with Crippen molar-refractivity contribution in [1.29, 1.82) is 0 Å². The first-order chi connectivity index (χ1) is 10.0. The molecular formula is C15H18N4O2. The molecule has 2 N–H and O–H groups in total. The Hall–Kier alpha value is -2.63. The van der Waals surface area contributed by atoms with Crippen LogP contribution < -0.4 is 10.5 Å². The van der Waals surface area contributed by atoms with E-state index in [0.717, 1.165) is 16.9 Å². The average Bonchev–Trinajstić information content (AvgIpc) is 2.42. The first-order valence-electron chi connectivity index (χ1n) is 6.45. The number of ether oxygens (including phenoxy) is 1. The third-order valence-electron chi connectivity index (χ3n) is 2.97. The van der Waals surface area contributed by atoms with Gasteiger partial charge < -0.3 is 15.3 Å². The van der Waals surface area contributed by atoms with E-state index in [-0.39, 0.29) is 5.82 Å². The zero-order valence-corrected chi connectivity index (χ0v) is 12.5. The Kier molecular flexibility index (Phi) is 4.37. The maximum atomic E-state index is 5.93. The summed E-state index contributed by atoms with van der Waals surface area (Å²) in [5.41, 5.74) is 9.56. The summed E-state index contributed by atoms with van der Waals surface area (Å²) in [4.78, 5) is 12.7. The van der Waals surface area contributed by atoms with Crippen LogP contribution in [0.4, 0.5) is 5.82 Å². The Bertz CT molecular complexity index is 660. The first kappa shape index (κ1) is 14.8. The van der Waals surface area contributed by atoms with Crippen LogP contribution in [0.25, 0.3) is 0 Å². The van der Waals surface area contributed by atoms with Gasteiger partial charge in [0.25, 0.3) is 0 Å². The first-order valence-corrected chi connectivity index (χ1v) is 6.45. The zero-order chi connectivity index (χ0) is 15.4. The van der Waals surface area contributed by atoms with Crippen LogP contribution in [0.5, 0.6) is 11.6 Å². The molecule has 0 amide bonds. The van der Waals surface area contributed by atoms with E-state index in [9.17, 15) is 0 Å². The maximum absolute atomic E-state index is 5.93. The lowest BCUT2D eigenvalue weighted by Crippen LogP contribution is -2.03. The molecule has 0 unspecified atom stereocenters. The molecule has 0 aliphatic heterocycles. The highest BCUT2D eigenvalue weighted by molar-refractivity contribution is 5.88. The third-order valence-corrected chi connectivity index (χ3v) is 2.97. The van der Waals surface area contributed by atoms with Gasteiger partial charge >= 0.3 is 0 Å². The van der Waals surface area contributed by atoms with Gasteiger partial charge in [-0.3, -0.25) is 0 Å². The van der Waals surface area contributed by atoms with Crippen molar-refractivity contribution in [2.45, 2.75) is 20.8 Å². The van der Waals surface area contributed by atoms with E-state index in [1.165, 1.54) is 25.2 Å². The molecule has 0 bridgehead atoms. The summed E-state index contributed by atoms with van der Waals surface area (Å²) in [6.07, 6.45) is 2.79. The number of nitrogens with two attached hydrogens (primary N) is 1. The summed E-state index contributed by atoms with van der Waals surface area (Å²) in [5.74, 6) is 1.38. The fourth-order valence-corrected chi connectivity index (χ4v) is 2.12. The standard InChI is InChI=1S/C15H18N4O2/c1-9-5-10(2)13(11(3)6-9)21-15-12(7-19-20-4)14(16)17-8-18-15/h5-8H,1-4H3,(H2,16,17,18)/b19-7-. The van der Waals surface area contributed by atoms with E-state index in [0.29, 0.717) is 11.4 Å². The lowest BCUT2D eigenvalue weighted by Gasteiger charge is -2.13. The molecule has 0 atom stereocenters. The number of oxime groups is 1. The Morgan fingerprint density at radius 1 is 1.14 bits per heavy atom. The van der Waals surface area contributed by atoms with E-state index >= 15 is 0 Å². The normalized spacial score (nSPS) is 10.9. The molecule has 1 heterocycles. The molecule has 0 saturated heterocycles. The number of anilines is 1. The molecule has 110 valence electrons. The van der Waals surface area contributed by atoms with Gasteiger partial charge in [0.05, 0.1) is 6.21 Å². The van der Waals surface area contributed by atoms with Gasteiger partial charge in [-0.15, -0.1) is 0 Å². The van der Waals surface area contributed by atoms with Crippen LogP contribution in [-0.2, 0) is 4.84 Å². The zero-order valence-electron chi connectivity index (χ0n) is 12.5. The minimum absolute atomic E-state index is 0.281. The molecule has 0 radical (unpaired) electrons. The van der Waals surface area contributed by atoms with Gasteiger partial charge in [0.2, 0.25) is 5.88 Å². The summed E-state index contributed by atoms with van der Waals surface area (Å²) >= 11 is 0. The second kappa shape index (κ2) is 6.21. The van der Waals surface area contributed by atoms with Crippen LogP contribution >= 0.6 is 0 Å². The summed E-state index contributed by atoms with van der Waals surface area (Å²) in [6.45, 7) is 6.02. The summed E-state index contributed by atoms with van der Waals surface area (Å²) in [7, 11) is 1.45. The van der Waals surface area contributed by atoms with Gasteiger partial charge in [-0.25, -0.2) is 9.97 Å². The topological polar surface area (TPSA) is 82.6 Å².